The lowest BCUT2D eigenvalue weighted by Gasteiger charge is -2.28. The van der Waals surface area contributed by atoms with Crippen molar-refractivity contribution < 1.29 is 57.1 Å². The van der Waals surface area contributed by atoms with Crippen LogP contribution in [0.15, 0.2) is 36.5 Å². The van der Waals surface area contributed by atoms with Crippen LogP contribution in [0.3, 0.4) is 0 Å². The number of quaternary nitrogens is 1. The number of Topliss-reactive ketones (excluding diaryl/α,β-unsaturated/α-hetero) is 1. The van der Waals surface area contributed by atoms with Gasteiger partial charge in [-0.1, -0.05) is 147 Å². The van der Waals surface area contributed by atoms with Crippen molar-refractivity contribution >= 4 is 25.5 Å². The lowest BCUT2D eigenvalue weighted by Crippen LogP contribution is -2.37. The molecule has 0 aromatic rings. The molecule has 1 aliphatic carbocycles. The van der Waals surface area contributed by atoms with E-state index >= 15 is 0 Å². The van der Waals surface area contributed by atoms with Crippen LogP contribution < -0.4 is 4.89 Å². The minimum Gasteiger partial charge on any atom is -0.756 e. The predicted octanol–water partition coefficient (Wildman–Crippen LogP) is 10.4. The van der Waals surface area contributed by atoms with Gasteiger partial charge in [-0.05, 0) is 57.8 Å². The van der Waals surface area contributed by atoms with Crippen LogP contribution in [0.4, 0.5) is 0 Å². The number of unbranched alkanes of at least 4 members (excludes halogenated alkanes) is 18. The Kier molecular flexibility index (Phi) is 34.5. The molecule has 1 unspecified atom stereocenters. The van der Waals surface area contributed by atoms with Gasteiger partial charge in [-0.2, -0.15) is 0 Å². The Balaban J connectivity index is 2.43. The van der Waals surface area contributed by atoms with E-state index in [-0.39, 0.29) is 44.2 Å². The highest BCUT2D eigenvalue weighted by Crippen LogP contribution is 2.38. The molecule has 1 saturated carbocycles. The summed E-state index contributed by atoms with van der Waals surface area (Å²) in [5.74, 6) is -1.80. The fourth-order valence-electron chi connectivity index (χ4n) is 7.51. The van der Waals surface area contributed by atoms with Gasteiger partial charge in [0.2, 0.25) is 0 Å². The number of likely N-dealkylation sites (N-methyl/N-ethyl adjacent to an activating group) is 1. The number of aliphatic hydroxyl groups excluding tert-OH is 2. The molecule has 0 aromatic heterocycles. The molecule has 0 aromatic carbocycles. The zero-order chi connectivity index (χ0) is 46.6. The molecule has 366 valence electrons. The van der Waals surface area contributed by atoms with E-state index in [1.807, 2.05) is 33.3 Å². The van der Waals surface area contributed by atoms with Crippen molar-refractivity contribution in [1.29, 1.82) is 0 Å². The maximum absolute atomic E-state index is 12.8. The van der Waals surface area contributed by atoms with E-state index in [4.69, 9.17) is 18.5 Å². The van der Waals surface area contributed by atoms with Crippen molar-refractivity contribution in [1.82, 2.24) is 0 Å². The van der Waals surface area contributed by atoms with Crippen LogP contribution in [0.25, 0.3) is 0 Å². The Bertz CT molecular complexity index is 1330. The van der Waals surface area contributed by atoms with E-state index in [1.54, 1.807) is 12.2 Å². The van der Waals surface area contributed by atoms with E-state index in [0.29, 0.717) is 43.1 Å². The Hall–Kier alpha value is -2.18. The standard InChI is InChI=1S/C50H90NO11P/c1-6-8-10-11-12-13-14-15-16-17-18-19-20-21-22-23-24-25-30-34-49(55)59-41-44(42-61-63(57,58)60-39-38-51(3,4)5)62-50(56)35-31-27-26-29-33-45-46(48(54)40-47(45)53)37-36-43(52)32-28-9-7-2/h15-16,26,29,36-37,43-47,52-53H,6-14,17-25,27-28,30-35,38-42H2,1-5H3/b16-15-,29-26-,37-36+/t43-,44+,45+,46+,47-/m0/s1. The maximum Gasteiger partial charge on any atom is 0.306 e. The van der Waals surface area contributed by atoms with Crippen molar-refractivity contribution in [2.45, 2.75) is 206 Å². The summed E-state index contributed by atoms with van der Waals surface area (Å²) in [7, 11) is 1.00. The molecule has 1 fully saturated rings. The lowest BCUT2D eigenvalue weighted by atomic mass is 9.90. The monoisotopic (exact) mass is 912 g/mol. The number of hydrogen-bond donors (Lipinski definition) is 2. The van der Waals surface area contributed by atoms with Crippen LogP contribution >= 0.6 is 7.82 Å². The first-order valence-electron chi connectivity index (χ1n) is 24.8. The number of carbonyl (C=O) groups is 3. The van der Waals surface area contributed by atoms with E-state index in [0.717, 1.165) is 38.5 Å². The van der Waals surface area contributed by atoms with Crippen LogP contribution in [0, 0.1) is 11.8 Å². The lowest BCUT2D eigenvalue weighted by molar-refractivity contribution is -0.870. The second-order valence-electron chi connectivity index (χ2n) is 18.6. The van der Waals surface area contributed by atoms with Crippen molar-refractivity contribution in [3.8, 4) is 0 Å². The van der Waals surface area contributed by atoms with Gasteiger partial charge in [0.15, 0.2) is 6.10 Å². The number of phosphoric acid groups is 1. The highest BCUT2D eigenvalue weighted by molar-refractivity contribution is 7.45. The van der Waals surface area contributed by atoms with Crippen LogP contribution in [0.2, 0.25) is 0 Å². The third-order valence-electron chi connectivity index (χ3n) is 11.5. The summed E-state index contributed by atoms with van der Waals surface area (Å²) in [5.41, 5.74) is 0. The average Bonchev–Trinajstić information content (AvgIpc) is 3.50. The number of nitrogens with zero attached hydrogens (tertiary/aromatic N) is 1. The van der Waals surface area contributed by atoms with Gasteiger partial charge in [0.1, 0.15) is 25.5 Å². The molecule has 0 heterocycles. The fourth-order valence-corrected chi connectivity index (χ4v) is 8.24. The number of aliphatic hydroxyl groups is 2. The molecular formula is C50H90NO11P. The average molecular weight is 912 g/mol. The summed E-state index contributed by atoms with van der Waals surface area (Å²) in [6, 6.07) is 0. The summed E-state index contributed by atoms with van der Waals surface area (Å²) < 4.78 is 33.9. The molecule has 0 bridgehead atoms. The molecule has 0 spiro atoms. The third-order valence-corrected chi connectivity index (χ3v) is 12.5. The molecule has 13 heteroatoms. The van der Waals surface area contributed by atoms with Gasteiger partial charge >= 0.3 is 11.9 Å². The van der Waals surface area contributed by atoms with E-state index in [2.05, 4.69) is 26.0 Å². The highest BCUT2D eigenvalue weighted by atomic mass is 31.2. The number of rotatable bonds is 41. The minimum atomic E-state index is -4.70. The van der Waals surface area contributed by atoms with Crippen LogP contribution in [0.1, 0.15) is 187 Å². The van der Waals surface area contributed by atoms with Gasteiger partial charge in [-0.3, -0.25) is 18.9 Å². The number of allylic oxidation sites excluding steroid dienone is 5. The van der Waals surface area contributed by atoms with Crippen molar-refractivity contribution in [2.24, 2.45) is 11.8 Å². The van der Waals surface area contributed by atoms with Gasteiger partial charge in [0.25, 0.3) is 7.82 Å². The first kappa shape index (κ1) is 58.8. The first-order chi connectivity index (χ1) is 30.2. The van der Waals surface area contributed by atoms with Crippen molar-refractivity contribution in [3.63, 3.8) is 0 Å². The van der Waals surface area contributed by atoms with Gasteiger partial charge < -0.3 is 38.1 Å². The quantitative estimate of drug-likeness (QED) is 0.0197. The first-order valence-corrected chi connectivity index (χ1v) is 26.3. The number of hydrogen-bond acceptors (Lipinski definition) is 11. The topological polar surface area (TPSA) is 169 Å². The molecule has 12 nitrogen and oxygen atoms in total. The summed E-state index contributed by atoms with van der Waals surface area (Å²) in [6.07, 6.45) is 35.3. The molecule has 0 radical (unpaired) electrons. The van der Waals surface area contributed by atoms with E-state index in [9.17, 15) is 34.1 Å². The Labute approximate surface area is 382 Å². The molecule has 0 saturated heterocycles. The molecule has 2 N–H and O–H groups in total. The van der Waals surface area contributed by atoms with Crippen LogP contribution in [-0.4, -0.2) is 98.2 Å². The van der Waals surface area contributed by atoms with Crippen molar-refractivity contribution in [3.05, 3.63) is 36.5 Å². The number of esters is 2. The molecule has 6 atom stereocenters. The highest BCUT2D eigenvalue weighted by Gasteiger charge is 2.39. The van der Waals surface area contributed by atoms with E-state index < -0.39 is 50.6 Å². The summed E-state index contributed by atoms with van der Waals surface area (Å²) in [5, 5.41) is 20.8. The Morgan fingerprint density at radius 3 is 1.90 bits per heavy atom. The second-order valence-corrected chi connectivity index (χ2v) is 20.0. The zero-order valence-electron chi connectivity index (χ0n) is 40.2. The summed E-state index contributed by atoms with van der Waals surface area (Å²) in [6.45, 7) is 3.82. The summed E-state index contributed by atoms with van der Waals surface area (Å²) in [4.78, 5) is 50.4. The third kappa shape index (κ3) is 33.9. The maximum atomic E-state index is 12.8. The molecule has 1 rings (SSSR count). The normalized spacial score (nSPS) is 19.0. The van der Waals surface area contributed by atoms with Gasteiger partial charge in [-0.25, -0.2) is 0 Å². The van der Waals surface area contributed by atoms with Gasteiger partial charge in [0, 0.05) is 31.1 Å². The van der Waals surface area contributed by atoms with Gasteiger partial charge in [0.05, 0.1) is 40.0 Å². The molecule has 1 aliphatic rings. The van der Waals surface area contributed by atoms with E-state index in [1.165, 1.54) is 83.5 Å². The fraction of sp³-hybridized carbons (Fsp3) is 0.820. The minimum absolute atomic E-state index is 0.0340. The Morgan fingerprint density at radius 1 is 0.746 bits per heavy atom. The number of carbonyl (C=O) groups excluding carboxylic acids is 3. The SMILES string of the molecule is CCCCCCCC/C=C\CCCCCCCCCCCC(=O)OC[C@H](COP(=O)([O-])OCC[N+](C)(C)C)OC(=O)CCC/C=C\C[C@H]1[C@@H](O)CC(=O)[C@@H]1/C=C/[C@@H](O)CCCCC. The number of ether oxygens (including phenoxy) is 2. The van der Waals surface area contributed by atoms with Crippen molar-refractivity contribution in [2.75, 3.05) is 47.5 Å². The molecular weight excluding hydrogens is 822 g/mol. The molecule has 0 amide bonds. The summed E-state index contributed by atoms with van der Waals surface area (Å²) >= 11 is 0. The Morgan fingerprint density at radius 2 is 1.29 bits per heavy atom. The zero-order valence-corrected chi connectivity index (χ0v) is 41.1. The van der Waals surface area contributed by atoms with Crippen LogP contribution in [0.5, 0.6) is 0 Å². The molecule has 63 heavy (non-hydrogen) atoms. The number of phosphoric ester groups is 1. The smallest absolute Gasteiger partial charge is 0.306 e. The van der Waals surface area contributed by atoms with Gasteiger partial charge in [-0.15, -0.1) is 0 Å². The largest absolute Gasteiger partial charge is 0.756 e. The van der Waals surface area contributed by atoms with Crippen LogP contribution in [-0.2, 0) is 37.5 Å². The molecule has 0 aliphatic heterocycles. The predicted molar refractivity (Wildman–Crippen MR) is 251 cm³/mol. The second kappa shape index (κ2) is 37.0. The number of ketones is 1.